The third-order valence-electron chi connectivity index (χ3n) is 4.63. The molecule has 182 valence electrons. The number of rotatable bonds is 10. The Morgan fingerprint density at radius 1 is 1.09 bits per heavy atom. The molecular formula is C26H32F2N4O2. The number of amides is 2. The summed E-state index contributed by atoms with van der Waals surface area (Å²) in [5, 5.41) is 11.1. The van der Waals surface area contributed by atoms with Crippen molar-refractivity contribution in [3.05, 3.63) is 88.6 Å². The van der Waals surface area contributed by atoms with Gasteiger partial charge in [0.2, 0.25) is 11.8 Å². The molecule has 6 N–H and O–H groups in total. The van der Waals surface area contributed by atoms with Crippen molar-refractivity contribution in [1.29, 1.82) is 5.41 Å². The molecule has 0 spiro atoms. The molecular weight excluding hydrogens is 438 g/mol. The third kappa shape index (κ3) is 8.97. The van der Waals surface area contributed by atoms with E-state index in [2.05, 4.69) is 5.32 Å². The number of primary amides is 1. The Kier molecular flexibility index (Phi) is 11.9. The molecule has 0 atom stereocenters. The zero-order valence-corrected chi connectivity index (χ0v) is 19.8. The van der Waals surface area contributed by atoms with Crippen LogP contribution in [0.3, 0.4) is 0 Å². The first-order chi connectivity index (χ1) is 16.2. The van der Waals surface area contributed by atoms with Crippen molar-refractivity contribution in [3.8, 4) is 0 Å². The average molecular weight is 471 g/mol. The minimum absolute atomic E-state index is 0.0768. The number of carbonyl (C=O) groups is 2. The van der Waals surface area contributed by atoms with E-state index >= 15 is 0 Å². The van der Waals surface area contributed by atoms with Crippen LogP contribution in [0, 0.1) is 17.0 Å². The summed E-state index contributed by atoms with van der Waals surface area (Å²) in [4.78, 5) is 23.7. The van der Waals surface area contributed by atoms with Crippen LogP contribution in [0.15, 0.2) is 60.3 Å². The zero-order valence-electron chi connectivity index (χ0n) is 19.8. The summed E-state index contributed by atoms with van der Waals surface area (Å²) >= 11 is 0. The van der Waals surface area contributed by atoms with E-state index in [1.807, 2.05) is 26.8 Å². The number of nitrogen functional groups attached to an aromatic ring is 1. The lowest BCUT2D eigenvalue weighted by Gasteiger charge is -2.10. The van der Waals surface area contributed by atoms with Gasteiger partial charge in [-0.15, -0.1) is 0 Å². The van der Waals surface area contributed by atoms with Gasteiger partial charge in [-0.05, 0) is 54.8 Å². The molecule has 2 amide bonds. The smallest absolute Gasteiger partial charge is 0.248 e. The molecule has 34 heavy (non-hydrogen) atoms. The molecule has 0 aliphatic heterocycles. The summed E-state index contributed by atoms with van der Waals surface area (Å²) in [6.07, 6.45) is 6.47. The lowest BCUT2D eigenvalue weighted by Crippen LogP contribution is -2.22. The second-order valence-electron chi connectivity index (χ2n) is 7.12. The number of hydrogen-bond donors (Lipinski definition) is 4. The van der Waals surface area contributed by atoms with E-state index in [4.69, 9.17) is 16.9 Å². The number of anilines is 1. The summed E-state index contributed by atoms with van der Waals surface area (Å²) < 4.78 is 26.3. The molecule has 2 rings (SSSR count). The molecule has 0 unspecified atom stereocenters. The SMILES string of the molecule is CC.CC/C=C\C(=C/CC(=N)c1cc(C(N)=O)ccc1N)NC(=O)CCc1ccc(F)c(F)c1. The van der Waals surface area contributed by atoms with Gasteiger partial charge in [0.05, 0.1) is 0 Å². The summed E-state index contributed by atoms with van der Waals surface area (Å²) in [7, 11) is 0. The van der Waals surface area contributed by atoms with Crippen LogP contribution in [0.25, 0.3) is 0 Å². The second kappa shape index (κ2) is 14.4. The fourth-order valence-corrected chi connectivity index (χ4v) is 2.87. The number of halogens is 2. The Labute approximate surface area is 199 Å². The third-order valence-corrected chi connectivity index (χ3v) is 4.63. The van der Waals surface area contributed by atoms with Crippen LogP contribution < -0.4 is 16.8 Å². The monoisotopic (exact) mass is 470 g/mol. The Morgan fingerprint density at radius 3 is 2.41 bits per heavy atom. The molecule has 0 aliphatic carbocycles. The maximum absolute atomic E-state index is 13.3. The molecule has 0 bridgehead atoms. The highest BCUT2D eigenvalue weighted by Gasteiger charge is 2.10. The van der Waals surface area contributed by atoms with Gasteiger partial charge < -0.3 is 22.2 Å². The van der Waals surface area contributed by atoms with Crippen molar-refractivity contribution in [2.24, 2.45) is 5.73 Å². The summed E-state index contributed by atoms with van der Waals surface area (Å²) in [5.41, 5.74) is 13.4. The highest BCUT2D eigenvalue weighted by atomic mass is 19.2. The average Bonchev–Trinajstić information content (AvgIpc) is 2.82. The van der Waals surface area contributed by atoms with Gasteiger partial charge in [-0.2, -0.15) is 0 Å². The molecule has 0 fully saturated rings. The zero-order chi connectivity index (χ0) is 25.7. The quantitative estimate of drug-likeness (QED) is 0.221. The maximum Gasteiger partial charge on any atom is 0.248 e. The van der Waals surface area contributed by atoms with Gasteiger partial charge in [-0.25, -0.2) is 8.78 Å². The van der Waals surface area contributed by atoms with Crippen LogP contribution in [-0.2, 0) is 11.2 Å². The maximum atomic E-state index is 13.3. The Balaban J connectivity index is 0.00000281. The van der Waals surface area contributed by atoms with Gasteiger partial charge in [-0.3, -0.25) is 9.59 Å². The number of carbonyl (C=O) groups excluding carboxylic acids is 2. The van der Waals surface area contributed by atoms with Gasteiger partial charge in [0.15, 0.2) is 11.6 Å². The molecule has 0 aliphatic rings. The summed E-state index contributed by atoms with van der Waals surface area (Å²) in [5.74, 6) is -2.80. The summed E-state index contributed by atoms with van der Waals surface area (Å²) in [6, 6.07) is 8.02. The largest absolute Gasteiger partial charge is 0.398 e. The normalized spacial score (nSPS) is 11.0. The Bertz CT molecular complexity index is 1080. The van der Waals surface area contributed by atoms with Crippen LogP contribution in [0.5, 0.6) is 0 Å². The first-order valence-electron chi connectivity index (χ1n) is 11.1. The first-order valence-corrected chi connectivity index (χ1v) is 11.1. The van der Waals surface area contributed by atoms with E-state index in [1.165, 1.54) is 24.3 Å². The van der Waals surface area contributed by atoms with Gasteiger partial charge in [0.1, 0.15) is 0 Å². The van der Waals surface area contributed by atoms with E-state index in [9.17, 15) is 18.4 Å². The number of aryl methyl sites for hydroxylation is 1. The molecule has 0 heterocycles. The second-order valence-corrected chi connectivity index (χ2v) is 7.12. The molecule has 0 saturated carbocycles. The van der Waals surface area contributed by atoms with Crippen LogP contribution in [-0.4, -0.2) is 17.5 Å². The first kappa shape index (κ1) is 28.2. The molecule has 0 saturated heterocycles. The lowest BCUT2D eigenvalue weighted by molar-refractivity contribution is -0.120. The van der Waals surface area contributed by atoms with Gasteiger partial charge in [0, 0.05) is 41.1 Å². The molecule has 0 aromatic heterocycles. The predicted octanol–water partition coefficient (Wildman–Crippen LogP) is 5.03. The van der Waals surface area contributed by atoms with Crippen molar-refractivity contribution >= 4 is 23.2 Å². The number of nitrogens with two attached hydrogens (primary N) is 2. The highest BCUT2D eigenvalue weighted by Crippen LogP contribution is 2.17. The van der Waals surface area contributed by atoms with Crippen LogP contribution in [0.4, 0.5) is 14.5 Å². The van der Waals surface area contributed by atoms with Gasteiger partial charge >= 0.3 is 0 Å². The number of nitrogens with one attached hydrogen (secondary N) is 2. The van der Waals surface area contributed by atoms with Crippen LogP contribution >= 0.6 is 0 Å². The molecule has 8 heteroatoms. The minimum atomic E-state index is -0.951. The van der Waals surface area contributed by atoms with Gasteiger partial charge in [-0.1, -0.05) is 39.0 Å². The minimum Gasteiger partial charge on any atom is -0.398 e. The molecule has 6 nitrogen and oxygen atoms in total. The molecule has 0 radical (unpaired) electrons. The van der Waals surface area contributed by atoms with Gasteiger partial charge in [0.25, 0.3) is 0 Å². The number of hydrogen-bond acceptors (Lipinski definition) is 4. The van der Waals surface area contributed by atoms with Crippen molar-refractivity contribution in [2.45, 2.75) is 46.5 Å². The van der Waals surface area contributed by atoms with E-state index in [0.717, 1.165) is 18.6 Å². The van der Waals surface area contributed by atoms with E-state index in [-0.39, 0.29) is 36.4 Å². The van der Waals surface area contributed by atoms with E-state index < -0.39 is 17.5 Å². The van der Waals surface area contributed by atoms with Crippen molar-refractivity contribution in [3.63, 3.8) is 0 Å². The van der Waals surface area contributed by atoms with E-state index in [1.54, 1.807) is 12.2 Å². The van der Waals surface area contributed by atoms with Crippen molar-refractivity contribution in [2.75, 3.05) is 5.73 Å². The van der Waals surface area contributed by atoms with Crippen LogP contribution in [0.1, 0.15) is 61.5 Å². The fraction of sp³-hybridized carbons (Fsp3) is 0.269. The fourth-order valence-electron chi connectivity index (χ4n) is 2.87. The summed E-state index contributed by atoms with van der Waals surface area (Å²) in [6.45, 7) is 5.94. The lowest BCUT2D eigenvalue weighted by atomic mass is 10.0. The van der Waals surface area contributed by atoms with Crippen molar-refractivity contribution < 1.29 is 18.4 Å². The molecule has 2 aromatic rings. The van der Waals surface area contributed by atoms with Crippen LogP contribution in [0.2, 0.25) is 0 Å². The molecule has 2 aromatic carbocycles. The number of benzene rings is 2. The topological polar surface area (TPSA) is 122 Å². The standard InChI is InChI=1S/C24H26F2N4O2.C2H6/c1-2-3-4-17(30-23(31)12-6-15-5-9-19(25)20(26)13-15)8-11-22(28)18-14-16(24(29)32)7-10-21(18)27;1-2/h3-5,7-10,13-14,28H,2,6,11-12,27H2,1H3,(H2,29,32)(H,30,31);1-2H3/b4-3-,17-8+,28-22?;. The Morgan fingerprint density at radius 2 is 1.79 bits per heavy atom. The Hall–Kier alpha value is -3.81. The van der Waals surface area contributed by atoms with Crippen molar-refractivity contribution in [1.82, 2.24) is 5.32 Å². The predicted molar refractivity (Wildman–Crippen MR) is 133 cm³/mol. The van der Waals surface area contributed by atoms with E-state index in [0.29, 0.717) is 22.5 Å². The number of allylic oxidation sites excluding steroid dienone is 3. The highest BCUT2D eigenvalue weighted by molar-refractivity contribution is 6.05.